The minimum absolute atomic E-state index is 0.176. The Balaban J connectivity index is 1.42. The number of nitrogens with one attached hydrogen (secondary N) is 2. The Morgan fingerprint density at radius 2 is 1.55 bits per heavy atom. The lowest BCUT2D eigenvalue weighted by Gasteiger charge is -2.35. The Hall–Kier alpha value is -2.84. The molecule has 8 heteroatoms. The van der Waals surface area contributed by atoms with E-state index < -0.39 is 23.4 Å². The van der Waals surface area contributed by atoms with E-state index in [1.165, 1.54) is 5.56 Å². The fourth-order valence-electron chi connectivity index (χ4n) is 3.64. The van der Waals surface area contributed by atoms with Crippen LogP contribution in [-0.2, 0) is 22.6 Å². The molecule has 31 heavy (non-hydrogen) atoms. The molecule has 0 spiro atoms. The highest BCUT2D eigenvalue weighted by atomic mass is 19.1. The molecule has 0 aliphatic carbocycles. The molecule has 1 aliphatic rings. The first-order chi connectivity index (χ1) is 14.8. The Kier molecular flexibility index (Phi) is 7.70. The van der Waals surface area contributed by atoms with Crippen molar-refractivity contribution in [2.75, 3.05) is 19.6 Å². The van der Waals surface area contributed by atoms with Gasteiger partial charge in [-0.05, 0) is 37.1 Å². The van der Waals surface area contributed by atoms with Crippen LogP contribution in [0.3, 0.4) is 0 Å². The van der Waals surface area contributed by atoms with Crippen molar-refractivity contribution >= 4 is 11.8 Å². The van der Waals surface area contributed by atoms with Crippen LogP contribution in [0.2, 0.25) is 0 Å². The van der Waals surface area contributed by atoms with Gasteiger partial charge in [0.1, 0.15) is 11.6 Å². The van der Waals surface area contributed by atoms with Gasteiger partial charge in [0.15, 0.2) is 0 Å². The van der Waals surface area contributed by atoms with Crippen molar-refractivity contribution in [2.45, 2.75) is 39.1 Å². The van der Waals surface area contributed by atoms with Gasteiger partial charge in [0.05, 0.1) is 18.8 Å². The summed E-state index contributed by atoms with van der Waals surface area (Å²) in [6.07, 6.45) is 0.442. The molecule has 166 valence electrons. The van der Waals surface area contributed by atoms with Crippen molar-refractivity contribution in [3.63, 3.8) is 0 Å². The number of ether oxygens (including phenoxy) is 1. The van der Waals surface area contributed by atoms with Crippen LogP contribution in [0, 0.1) is 11.6 Å². The molecule has 1 saturated heterocycles. The zero-order chi connectivity index (χ0) is 22.4. The molecule has 1 heterocycles. The van der Waals surface area contributed by atoms with Crippen molar-refractivity contribution in [1.29, 1.82) is 0 Å². The van der Waals surface area contributed by atoms with Gasteiger partial charge in [-0.15, -0.1) is 0 Å². The Labute approximate surface area is 180 Å². The number of rotatable bonds is 7. The number of benzene rings is 2. The van der Waals surface area contributed by atoms with Crippen molar-refractivity contribution in [3.05, 3.63) is 70.8 Å². The van der Waals surface area contributed by atoms with Gasteiger partial charge in [-0.25, -0.2) is 8.78 Å². The van der Waals surface area contributed by atoms with E-state index in [-0.39, 0.29) is 24.3 Å². The van der Waals surface area contributed by atoms with Crippen LogP contribution in [0.25, 0.3) is 0 Å². The standard InChI is InChI=1S/C23H27F2N3O3/c1-15-12-28(13-16(2)31-15)14-18-5-3-17(4-6-18)10-26-22(29)11-27-23(30)19-7-20(24)9-21(25)8-19/h3-9,15-16H,10-14H2,1-2H3,(H,26,29)(H,27,30). The van der Waals surface area contributed by atoms with Crippen LogP contribution in [-0.4, -0.2) is 48.6 Å². The molecule has 2 aromatic rings. The second kappa shape index (κ2) is 10.5. The minimum atomic E-state index is -0.851. The van der Waals surface area contributed by atoms with E-state index in [9.17, 15) is 18.4 Å². The van der Waals surface area contributed by atoms with E-state index in [1.807, 2.05) is 24.3 Å². The maximum absolute atomic E-state index is 13.2. The molecule has 2 aromatic carbocycles. The number of halogens is 2. The third-order valence-electron chi connectivity index (χ3n) is 4.95. The van der Waals surface area contributed by atoms with Crippen LogP contribution in [0.1, 0.15) is 35.3 Å². The predicted octanol–water partition coefficient (Wildman–Crippen LogP) is 2.62. The summed E-state index contributed by atoms with van der Waals surface area (Å²) < 4.78 is 32.1. The molecule has 1 fully saturated rings. The summed E-state index contributed by atoms with van der Waals surface area (Å²) in [6.45, 7) is 6.82. The van der Waals surface area contributed by atoms with Gasteiger partial charge in [0, 0.05) is 37.8 Å². The number of nitrogens with zero attached hydrogens (tertiary/aromatic N) is 1. The number of hydrogen-bond donors (Lipinski definition) is 2. The molecule has 6 nitrogen and oxygen atoms in total. The maximum Gasteiger partial charge on any atom is 0.251 e. The number of amides is 2. The summed E-state index contributed by atoms with van der Waals surface area (Å²) in [7, 11) is 0. The third-order valence-corrected chi connectivity index (χ3v) is 4.95. The average molecular weight is 431 g/mol. The Morgan fingerprint density at radius 3 is 2.16 bits per heavy atom. The lowest BCUT2D eigenvalue weighted by Crippen LogP contribution is -2.44. The topological polar surface area (TPSA) is 70.7 Å². The molecule has 0 bridgehead atoms. The fraction of sp³-hybridized carbons (Fsp3) is 0.391. The summed E-state index contributed by atoms with van der Waals surface area (Å²) >= 11 is 0. The third kappa shape index (κ3) is 7.11. The molecular formula is C23H27F2N3O3. The number of morpholine rings is 1. The highest BCUT2D eigenvalue weighted by Crippen LogP contribution is 2.15. The summed E-state index contributed by atoms with van der Waals surface area (Å²) in [6, 6.07) is 10.5. The quantitative estimate of drug-likeness (QED) is 0.707. The SMILES string of the molecule is CC1CN(Cc2ccc(CNC(=O)CNC(=O)c3cc(F)cc(F)c3)cc2)CC(C)O1. The van der Waals surface area contributed by atoms with Crippen molar-refractivity contribution in [1.82, 2.24) is 15.5 Å². The second-order valence-corrected chi connectivity index (χ2v) is 7.89. The second-order valence-electron chi connectivity index (χ2n) is 7.89. The first-order valence-corrected chi connectivity index (χ1v) is 10.2. The molecular weight excluding hydrogens is 404 g/mol. The zero-order valence-corrected chi connectivity index (χ0v) is 17.7. The van der Waals surface area contributed by atoms with Gasteiger partial charge in [-0.3, -0.25) is 14.5 Å². The largest absolute Gasteiger partial charge is 0.373 e. The highest BCUT2D eigenvalue weighted by molar-refractivity contribution is 5.96. The maximum atomic E-state index is 13.2. The van der Waals surface area contributed by atoms with Crippen molar-refractivity contribution < 1.29 is 23.1 Å². The molecule has 2 N–H and O–H groups in total. The first kappa shape index (κ1) is 22.8. The van der Waals surface area contributed by atoms with E-state index in [1.54, 1.807) is 0 Å². The van der Waals surface area contributed by atoms with Crippen LogP contribution < -0.4 is 10.6 Å². The molecule has 0 aromatic heterocycles. The monoisotopic (exact) mass is 431 g/mol. The highest BCUT2D eigenvalue weighted by Gasteiger charge is 2.21. The van der Waals surface area contributed by atoms with Gasteiger partial charge < -0.3 is 15.4 Å². The minimum Gasteiger partial charge on any atom is -0.373 e. The van der Waals surface area contributed by atoms with Crippen LogP contribution in [0.4, 0.5) is 8.78 Å². The Morgan fingerprint density at radius 1 is 0.968 bits per heavy atom. The van der Waals surface area contributed by atoms with Crippen molar-refractivity contribution in [3.8, 4) is 0 Å². The van der Waals surface area contributed by atoms with E-state index >= 15 is 0 Å². The van der Waals surface area contributed by atoms with Gasteiger partial charge in [-0.1, -0.05) is 24.3 Å². The summed E-state index contributed by atoms with van der Waals surface area (Å²) in [5.74, 6) is -2.82. The van der Waals surface area contributed by atoms with Gasteiger partial charge >= 0.3 is 0 Å². The van der Waals surface area contributed by atoms with E-state index in [0.29, 0.717) is 12.6 Å². The van der Waals surface area contributed by atoms with Crippen LogP contribution >= 0.6 is 0 Å². The van der Waals surface area contributed by atoms with Crippen molar-refractivity contribution in [2.24, 2.45) is 0 Å². The number of hydrogen-bond acceptors (Lipinski definition) is 4. The van der Waals surface area contributed by atoms with Gasteiger partial charge in [0.25, 0.3) is 5.91 Å². The predicted molar refractivity (Wildman–Crippen MR) is 112 cm³/mol. The molecule has 2 atom stereocenters. The van der Waals surface area contributed by atoms with Crippen LogP contribution in [0.5, 0.6) is 0 Å². The van der Waals surface area contributed by atoms with E-state index in [4.69, 9.17) is 4.74 Å². The van der Waals surface area contributed by atoms with Gasteiger partial charge in [-0.2, -0.15) is 0 Å². The molecule has 0 saturated carbocycles. The van der Waals surface area contributed by atoms with Gasteiger partial charge in [0.2, 0.25) is 5.91 Å². The lowest BCUT2D eigenvalue weighted by atomic mass is 10.1. The summed E-state index contributed by atoms with van der Waals surface area (Å²) in [5.41, 5.74) is 1.94. The smallest absolute Gasteiger partial charge is 0.251 e. The molecule has 1 aliphatic heterocycles. The molecule has 3 rings (SSSR count). The molecule has 2 amide bonds. The normalized spacial score (nSPS) is 19.1. The van der Waals surface area contributed by atoms with Crippen LogP contribution in [0.15, 0.2) is 42.5 Å². The van der Waals surface area contributed by atoms with E-state index in [0.717, 1.165) is 37.3 Å². The number of carbonyl (C=O) groups is 2. The van der Waals surface area contributed by atoms with E-state index in [2.05, 4.69) is 29.4 Å². The fourth-order valence-corrected chi connectivity index (χ4v) is 3.64. The summed E-state index contributed by atoms with van der Waals surface area (Å²) in [5, 5.41) is 5.06. The molecule has 0 radical (unpaired) electrons. The number of carbonyl (C=O) groups excluding carboxylic acids is 2. The zero-order valence-electron chi connectivity index (χ0n) is 17.7. The molecule has 2 unspecified atom stereocenters. The first-order valence-electron chi connectivity index (χ1n) is 10.2. The lowest BCUT2D eigenvalue weighted by molar-refractivity contribution is -0.120. The average Bonchev–Trinajstić information content (AvgIpc) is 2.70. The summed E-state index contributed by atoms with van der Waals surface area (Å²) in [4.78, 5) is 26.3. The Bertz CT molecular complexity index is 891.